The van der Waals surface area contributed by atoms with E-state index in [0.29, 0.717) is 12.6 Å². The van der Waals surface area contributed by atoms with Gasteiger partial charge in [-0.2, -0.15) is 0 Å². The highest BCUT2D eigenvalue weighted by Gasteiger charge is 2.21. The maximum atomic E-state index is 12.7. The number of ether oxygens (including phenoxy) is 1. The van der Waals surface area contributed by atoms with Crippen molar-refractivity contribution in [2.45, 2.75) is 45.0 Å². The molecular weight excluding hydrogens is 423 g/mol. The fourth-order valence-electron chi connectivity index (χ4n) is 3.76. The van der Waals surface area contributed by atoms with Crippen molar-refractivity contribution in [2.75, 3.05) is 6.54 Å². The summed E-state index contributed by atoms with van der Waals surface area (Å²) in [5.74, 6) is 1.55. The fourth-order valence-corrected chi connectivity index (χ4v) is 3.76. The number of para-hydroxylation sites is 3. The number of halogens is 2. The zero-order valence-corrected chi connectivity index (χ0v) is 18.5. The maximum Gasteiger partial charge on any atom is 0.240 e. The van der Waals surface area contributed by atoms with E-state index >= 15 is 0 Å². The molecular formula is C22H28Cl2N4O2. The van der Waals surface area contributed by atoms with Gasteiger partial charge in [-0.05, 0) is 50.6 Å². The van der Waals surface area contributed by atoms with Crippen molar-refractivity contribution in [3.63, 3.8) is 0 Å². The van der Waals surface area contributed by atoms with E-state index in [-0.39, 0.29) is 43.3 Å². The second kappa shape index (κ2) is 11.2. The van der Waals surface area contributed by atoms with Gasteiger partial charge in [-0.25, -0.2) is 4.98 Å². The van der Waals surface area contributed by atoms with E-state index in [0.717, 1.165) is 42.0 Å². The van der Waals surface area contributed by atoms with Gasteiger partial charge in [0.15, 0.2) is 0 Å². The number of nitrogens with zero attached hydrogens (tertiary/aromatic N) is 2. The largest absolute Gasteiger partial charge is 0.486 e. The molecule has 0 spiro atoms. The monoisotopic (exact) mass is 450 g/mol. The van der Waals surface area contributed by atoms with Gasteiger partial charge < -0.3 is 19.9 Å². The lowest BCUT2D eigenvalue weighted by Gasteiger charge is -2.28. The van der Waals surface area contributed by atoms with Crippen LogP contribution in [0.15, 0.2) is 54.6 Å². The lowest BCUT2D eigenvalue weighted by molar-refractivity contribution is -0.122. The SMILES string of the molecule is CC1CC(NC(=O)Cn2c(COc3ccccc3)nc3ccccc32)CCN1.Cl.Cl. The molecule has 1 aromatic heterocycles. The van der Waals surface area contributed by atoms with Crippen LogP contribution in [0.3, 0.4) is 0 Å². The third-order valence-corrected chi connectivity index (χ3v) is 5.14. The second-order valence-corrected chi connectivity index (χ2v) is 7.35. The minimum absolute atomic E-state index is 0. The van der Waals surface area contributed by atoms with E-state index in [1.54, 1.807) is 0 Å². The van der Waals surface area contributed by atoms with Crippen LogP contribution in [0.25, 0.3) is 11.0 Å². The molecule has 2 atom stereocenters. The van der Waals surface area contributed by atoms with Crippen molar-refractivity contribution >= 4 is 41.8 Å². The Morgan fingerprint density at radius 2 is 1.90 bits per heavy atom. The van der Waals surface area contributed by atoms with Crippen molar-refractivity contribution in [1.82, 2.24) is 20.2 Å². The molecule has 2 heterocycles. The van der Waals surface area contributed by atoms with E-state index in [1.165, 1.54) is 0 Å². The summed E-state index contributed by atoms with van der Waals surface area (Å²) in [6.07, 6.45) is 1.92. The molecule has 162 valence electrons. The third-order valence-electron chi connectivity index (χ3n) is 5.14. The van der Waals surface area contributed by atoms with E-state index in [1.807, 2.05) is 59.2 Å². The first-order valence-corrected chi connectivity index (χ1v) is 9.84. The van der Waals surface area contributed by atoms with Gasteiger partial charge in [-0.1, -0.05) is 30.3 Å². The topological polar surface area (TPSA) is 68.2 Å². The van der Waals surface area contributed by atoms with Crippen LogP contribution in [-0.4, -0.2) is 34.1 Å². The summed E-state index contributed by atoms with van der Waals surface area (Å²) in [5.41, 5.74) is 1.82. The highest BCUT2D eigenvalue weighted by molar-refractivity contribution is 5.85. The van der Waals surface area contributed by atoms with Gasteiger partial charge in [0.05, 0.1) is 11.0 Å². The van der Waals surface area contributed by atoms with Crippen molar-refractivity contribution in [3.8, 4) is 5.75 Å². The number of rotatable bonds is 6. The number of carbonyl (C=O) groups is 1. The molecule has 0 bridgehead atoms. The molecule has 1 amide bonds. The number of amides is 1. The molecule has 0 radical (unpaired) electrons. The van der Waals surface area contributed by atoms with Crippen LogP contribution in [0.5, 0.6) is 5.75 Å². The minimum Gasteiger partial charge on any atom is -0.486 e. The number of benzene rings is 2. The van der Waals surface area contributed by atoms with Gasteiger partial charge in [0, 0.05) is 12.1 Å². The number of carbonyl (C=O) groups excluding carboxylic acids is 1. The Kier molecular flexibility index (Phi) is 8.96. The molecule has 6 nitrogen and oxygen atoms in total. The Balaban J connectivity index is 0.00000160. The van der Waals surface area contributed by atoms with Crippen LogP contribution in [-0.2, 0) is 17.9 Å². The number of imidazole rings is 1. The lowest BCUT2D eigenvalue weighted by atomic mass is 10.0. The Hall–Kier alpha value is -2.28. The number of fused-ring (bicyclic) bond motifs is 1. The first-order chi connectivity index (χ1) is 13.7. The Labute approximate surface area is 189 Å². The van der Waals surface area contributed by atoms with Gasteiger partial charge in [-0.3, -0.25) is 4.79 Å². The Morgan fingerprint density at radius 3 is 2.67 bits per heavy atom. The first-order valence-electron chi connectivity index (χ1n) is 9.84. The third kappa shape index (κ3) is 5.88. The molecule has 3 aromatic rings. The zero-order chi connectivity index (χ0) is 19.3. The zero-order valence-electron chi connectivity index (χ0n) is 16.9. The summed E-state index contributed by atoms with van der Waals surface area (Å²) >= 11 is 0. The molecule has 1 fully saturated rings. The summed E-state index contributed by atoms with van der Waals surface area (Å²) in [5, 5.41) is 6.60. The molecule has 1 aliphatic rings. The molecule has 1 aliphatic heterocycles. The average Bonchev–Trinajstić information content (AvgIpc) is 3.05. The van der Waals surface area contributed by atoms with E-state index in [2.05, 4.69) is 22.5 Å². The summed E-state index contributed by atoms with van der Waals surface area (Å²) in [4.78, 5) is 17.4. The number of nitrogens with one attached hydrogen (secondary N) is 2. The number of piperidine rings is 1. The van der Waals surface area contributed by atoms with Gasteiger partial charge in [-0.15, -0.1) is 24.8 Å². The van der Waals surface area contributed by atoms with Crippen LogP contribution < -0.4 is 15.4 Å². The lowest BCUT2D eigenvalue weighted by Crippen LogP contribution is -2.47. The smallest absolute Gasteiger partial charge is 0.240 e. The quantitative estimate of drug-likeness (QED) is 0.600. The Morgan fingerprint density at radius 1 is 1.17 bits per heavy atom. The number of aromatic nitrogens is 2. The van der Waals surface area contributed by atoms with Gasteiger partial charge in [0.1, 0.15) is 24.7 Å². The minimum atomic E-state index is 0. The normalized spacial score (nSPS) is 18.2. The summed E-state index contributed by atoms with van der Waals surface area (Å²) in [6.45, 7) is 3.65. The summed E-state index contributed by atoms with van der Waals surface area (Å²) in [7, 11) is 0. The van der Waals surface area contributed by atoms with E-state index in [9.17, 15) is 4.79 Å². The Bertz CT molecular complexity index is 949. The molecule has 2 aromatic carbocycles. The molecule has 2 unspecified atom stereocenters. The molecule has 30 heavy (non-hydrogen) atoms. The van der Waals surface area contributed by atoms with Crippen LogP contribution >= 0.6 is 24.8 Å². The average molecular weight is 451 g/mol. The van der Waals surface area contributed by atoms with Gasteiger partial charge in [0.2, 0.25) is 5.91 Å². The molecule has 1 saturated heterocycles. The van der Waals surface area contributed by atoms with Crippen LogP contribution in [0.4, 0.5) is 0 Å². The van der Waals surface area contributed by atoms with Crippen molar-refractivity contribution < 1.29 is 9.53 Å². The van der Waals surface area contributed by atoms with Gasteiger partial charge >= 0.3 is 0 Å². The summed E-state index contributed by atoms with van der Waals surface area (Å²) in [6, 6.07) is 18.2. The molecule has 0 saturated carbocycles. The predicted octanol–water partition coefficient (Wildman–Crippen LogP) is 3.72. The maximum absolute atomic E-state index is 12.7. The second-order valence-electron chi connectivity index (χ2n) is 7.35. The van der Waals surface area contributed by atoms with Crippen LogP contribution in [0.1, 0.15) is 25.6 Å². The van der Waals surface area contributed by atoms with E-state index < -0.39 is 0 Å². The highest BCUT2D eigenvalue weighted by Crippen LogP contribution is 2.18. The van der Waals surface area contributed by atoms with Crippen molar-refractivity contribution in [2.24, 2.45) is 0 Å². The molecule has 0 aliphatic carbocycles. The van der Waals surface area contributed by atoms with Gasteiger partial charge in [0.25, 0.3) is 0 Å². The number of hydrogen-bond donors (Lipinski definition) is 2. The first kappa shape index (κ1) is 24.0. The number of hydrogen-bond acceptors (Lipinski definition) is 4. The van der Waals surface area contributed by atoms with Crippen molar-refractivity contribution in [1.29, 1.82) is 0 Å². The predicted molar refractivity (Wildman–Crippen MR) is 124 cm³/mol. The van der Waals surface area contributed by atoms with E-state index in [4.69, 9.17) is 4.74 Å². The van der Waals surface area contributed by atoms with Crippen LogP contribution in [0, 0.1) is 0 Å². The molecule has 4 rings (SSSR count). The fraction of sp³-hybridized carbons (Fsp3) is 0.364. The molecule has 8 heteroatoms. The highest BCUT2D eigenvalue weighted by atomic mass is 35.5. The summed E-state index contributed by atoms with van der Waals surface area (Å²) < 4.78 is 7.84. The van der Waals surface area contributed by atoms with Crippen molar-refractivity contribution in [3.05, 3.63) is 60.4 Å². The molecule has 2 N–H and O–H groups in total. The standard InChI is InChI=1S/C22H26N4O2.2ClH/c1-16-13-17(11-12-23-16)24-22(27)14-26-20-10-6-5-9-19(20)25-21(26)15-28-18-7-3-2-4-8-18;;/h2-10,16-17,23H,11-15H2,1H3,(H,24,27);2*1H. The van der Waals surface area contributed by atoms with Crippen LogP contribution in [0.2, 0.25) is 0 Å².